The minimum atomic E-state index is -0.572. The number of likely N-dealkylation sites (N-methyl/N-ethyl adjacent to an activating group) is 1. The number of aryl methyl sites for hydroxylation is 1. The third kappa shape index (κ3) is 4.23. The van der Waals surface area contributed by atoms with Crippen molar-refractivity contribution in [3.8, 4) is 0 Å². The van der Waals surface area contributed by atoms with E-state index in [9.17, 15) is 9.59 Å². The first-order chi connectivity index (χ1) is 11.7. The zero-order chi connectivity index (χ0) is 18.8. The van der Waals surface area contributed by atoms with Crippen LogP contribution in [0.25, 0.3) is 0 Å². The molecule has 2 N–H and O–H groups in total. The van der Waals surface area contributed by atoms with Crippen molar-refractivity contribution in [2.45, 2.75) is 32.2 Å². The van der Waals surface area contributed by atoms with E-state index in [2.05, 4.69) is 20.7 Å². The Balaban J connectivity index is 2.28. The summed E-state index contributed by atoms with van der Waals surface area (Å²) in [5, 5.41) is 10.2. The Hall–Kier alpha value is -2.26. The van der Waals surface area contributed by atoms with E-state index in [4.69, 9.17) is 4.74 Å². The molecule has 0 radical (unpaired) electrons. The van der Waals surface area contributed by atoms with E-state index < -0.39 is 12.0 Å². The van der Waals surface area contributed by atoms with Gasteiger partial charge in [-0.3, -0.25) is 9.48 Å². The van der Waals surface area contributed by atoms with E-state index in [0.717, 1.165) is 16.9 Å². The van der Waals surface area contributed by atoms with Crippen LogP contribution in [0.5, 0.6) is 0 Å². The summed E-state index contributed by atoms with van der Waals surface area (Å²) in [6.07, 6.45) is 3.39. The molecule has 2 aromatic rings. The number of amides is 1. The predicted molar refractivity (Wildman–Crippen MR) is 95.8 cm³/mol. The molecular weight excluding hydrogens is 342 g/mol. The van der Waals surface area contributed by atoms with Crippen molar-refractivity contribution >= 4 is 28.3 Å². The summed E-state index contributed by atoms with van der Waals surface area (Å²) in [6.45, 7) is 5.85. The van der Waals surface area contributed by atoms with E-state index in [1.54, 1.807) is 31.2 Å². The van der Waals surface area contributed by atoms with Crippen molar-refractivity contribution in [2.24, 2.45) is 7.05 Å². The Morgan fingerprint density at radius 2 is 2.04 bits per heavy atom. The molecule has 25 heavy (non-hydrogen) atoms. The van der Waals surface area contributed by atoms with Gasteiger partial charge in [0.2, 0.25) is 5.91 Å². The van der Waals surface area contributed by atoms with E-state index in [-0.39, 0.29) is 11.3 Å². The lowest BCUT2D eigenvalue weighted by molar-refractivity contribution is -0.118. The standard InChI is InChI=1S/C16H23N5O3S/c1-16(2,3)12-11(14(23)24-6)25-15(19-12)20-13(22)10(17-4)9-7-18-21(5)8-9/h7-8,10,17H,1-6H3,(H,19,20,22). The highest BCUT2D eigenvalue weighted by molar-refractivity contribution is 7.17. The minimum Gasteiger partial charge on any atom is -0.465 e. The van der Waals surface area contributed by atoms with Crippen molar-refractivity contribution in [3.63, 3.8) is 0 Å². The van der Waals surface area contributed by atoms with Crippen LogP contribution in [0.3, 0.4) is 0 Å². The lowest BCUT2D eigenvalue weighted by atomic mass is 9.91. The minimum absolute atomic E-state index is 0.277. The zero-order valence-electron chi connectivity index (χ0n) is 15.2. The van der Waals surface area contributed by atoms with Gasteiger partial charge in [-0.05, 0) is 7.05 Å². The van der Waals surface area contributed by atoms with Gasteiger partial charge < -0.3 is 15.4 Å². The van der Waals surface area contributed by atoms with Crippen molar-refractivity contribution in [3.05, 3.63) is 28.5 Å². The molecular formula is C16H23N5O3S. The number of esters is 1. The summed E-state index contributed by atoms with van der Waals surface area (Å²) in [4.78, 5) is 29.4. The fourth-order valence-corrected chi connectivity index (χ4v) is 3.43. The molecule has 136 valence electrons. The Kier molecular flexibility index (Phi) is 5.58. The summed E-state index contributed by atoms with van der Waals surface area (Å²) >= 11 is 1.11. The summed E-state index contributed by atoms with van der Waals surface area (Å²) in [7, 11) is 4.80. The van der Waals surface area contributed by atoms with Gasteiger partial charge in [0, 0.05) is 24.2 Å². The highest BCUT2D eigenvalue weighted by atomic mass is 32.1. The van der Waals surface area contributed by atoms with Crippen molar-refractivity contribution < 1.29 is 14.3 Å². The van der Waals surface area contributed by atoms with E-state index in [1.807, 2.05) is 20.8 Å². The van der Waals surface area contributed by atoms with Crippen LogP contribution in [-0.4, -0.2) is 40.8 Å². The predicted octanol–water partition coefficient (Wildman–Crippen LogP) is 1.86. The summed E-state index contributed by atoms with van der Waals surface area (Å²) in [6, 6.07) is -0.572. The Bertz CT molecular complexity index is 775. The Morgan fingerprint density at radius 3 is 2.52 bits per heavy atom. The van der Waals surface area contributed by atoms with Crippen molar-refractivity contribution in [1.29, 1.82) is 0 Å². The molecule has 2 rings (SSSR count). The average Bonchev–Trinajstić information content (AvgIpc) is 3.13. The molecule has 0 fully saturated rings. The Morgan fingerprint density at radius 1 is 1.36 bits per heavy atom. The topological polar surface area (TPSA) is 98.1 Å². The highest BCUT2D eigenvalue weighted by Gasteiger charge is 2.29. The Labute approximate surface area is 150 Å². The molecule has 0 saturated carbocycles. The van der Waals surface area contributed by atoms with Crippen LogP contribution in [0.2, 0.25) is 0 Å². The van der Waals surface area contributed by atoms with Gasteiger partial charge in [-0.25, -0.2) is 9.78 Å². The first-order valence-corrected chi connectivity index (χ1v) is 8.55. The van der Waals surface area contributed by atoms with Gasteiger partial charge in [0.15, 0.2) is 5.13 Å². The van der Waals surface area contributed by atoms with Gasteiger partial charge in [-0.1, -0.05) is 32.1 Å². The molecule has 2 heterocycles. The number of hydrogen-bond donors (Lipinski definition) is 2. The lowest BCUT2D eigenvalue weighted by Gasteiger charge is -2.16. The fraction of sp³-hybridized carbons (Fsp3) is 0.500. The molecule has 1 unspecified atom stereocenters. The van der Waals surface area contributed by atoms with Crippen LogP contribution < -0.4 is 10.6 Å². The molecule has 0 aliphatic heterocycles. The van der Waals surface area contributed by atoms with Gasteiger partial charge in [0.05, 0.1) is 19.0 Å². The molecule has 0 aliphatic carbocycles. The summed E-state index contributed by atoms with van der Waals surface area (Å²) in [5.41, 5.74) is 0.986. The normalized spacial score (nSPS) is 12.7. The molecule has 1 amide bonds. The molecule has 0 saturated heterocycles. The average molecular weight is 365 g/mol. The lowest BCUT2D eigenvalue weighted by Crippen LogP contribution is -2.30. The van der Waals surface area contributed by atoms with Crippen LogP contribution in [0, 0.1) is 0 Å². The number of carbonyl (C=O) groups excluding carboxylic acids is 2. The number of methoxy groups -OCH3 is 1. The van der Waals surface area contributed by atoms with Crippen LogP contribution in [-0.2, 0) is 22.0 Å². The number of ether oxygens (including phenoxy) is 1. The molecule has 0 spiro atoms. The zero-order valence-corrected chi connectivity index (χ0v) is 16.0. The second kappa shape index (κ2) is 7.32. The largest absolute Gasteiger partial charge is 0.465 e. The SMILES string of the molecule is CNC(C(=O)Nc1nc(C(C)(C)C)c(C(=O)OC)s1)c1cnn(C)c1. The number of nitrogens with zero attached hydrogens (tertiary/aromatic N) is 3. The number of hydrogen-bond acceptors (Lipinski definition) is 7. The molecule has 0 aromatic carbocycles. The van der Waals surface area contributed by atoms with Crippen LogP contribution in [0.4, 0.5) is 5.13 Å². The quantitative estimate of drug-likeness (QED) is 0.785. The fourth-order valence-electron chi connectivity index (χ4n) is 2.33. The van der Waals surface area contributed by atoms with Crippen molar-refractivity contribution in [2.75, 3.05) is 19.5 Å². The van der Waals surface area contributed by atoms with E-state index in [0.29, 0.717) is 15.7 Å². The maximum absolute atomic E-state index is 12.6. The molecule has 2 aromatic heterocycles. The number of carbonyl (C=O) groups is 2. The van der Waals surface area contributed by atoms with Crippen LogP contribution >= 0.6 is 11.3 Å². The third-order valence-electron chi connectivity index (χ3n) is 3.55. The van der Waals surface area contributed by atoms with E-state index >= 15 is 0 Å². The van der Waals surface area contributed by atoms with Crippen LogP contribution in [0.15, 0.2) is 12.4 Å². The number of aromatic nitrogens is 3. The second-order valence-electron chi connectivity index (χ2n) is 6.60. The second-order valence-corrected chi connectivity index (χ2v) is 7.60. The molecule has 1 atom stereocenters. The van der Waals surface area contributed by atoms with Gasteiger partial charge in [0.25, 0.3) is 0 Å². The summed E-state index contributed by atoms with van der Waals surface area (Å²) in [5.74, 6) is -0.735. The molecule has 9 heteroatoms. The van der Waals surface area contributed by atoms with Gasteiger partial charge in [0.1, 0.15) is 10.9 Å². The molecule has 0 aliphatic rings. The first kappa shape index (κ1) is 19.1. The van der Waals surface area contributed by atoms with Gasteiger partial charge >= 0.3 is 5.97 Å². The number of nitrogens with one attached hydrogen (secondary N) is 2. The third-order valence-corrected chi connectivity index (χ3v) is 4.50. The molecule has 0 bridgehead atoms. The van der Waals surface area contributed by atoms with Gasteiger partial charge in [-0.15, -0.1) is 0 Å². The number of thiazole rings is 1. The van der Waals surface area contributed by atoms with Gasteiger partial charge in [-0.2, -0.15) is 5.10 Å². The number of rotatable bonds is 5. The number of anilines is 1. The maximum atomic E-state index is 12.6. The summed E-state index contributed by atoms with van der Waals surface area (Å²) < 4.78 is 6.45. The highest BCUT2D eigenvalue weighted by Crippen LogP contribution is 2.33. The molecule has 8 nitrogen and oxygen atoms in total. The monoisotopic (exact) mass is 365 g/mol. The smallest absolute Gasteiger partial charge is 0.350 e. The van der Waals surface area contributed by atoms with Crippen molar-refractivity contribution in [1.82, 2.24) is 20.1 Å². The maximum Gasteiger partial charge on any atom is 0.350 e. The van der Waals surface area contributed by atoms with E-state index in [1.165, 1.54) is 7.11 Å². The first-order valence-electron chi connectivity index (χ1n) is 7.73. The van der Waals surface area contributed by atoms with Crippen LogP contribution in [0.1, 0.15) is 47.7 Å².